The Balaban J connectivity index is 2.25. The minimum absolute atomic E-state index is 0.261. The average Bonchev–Trinajstić information content (AvgIpc) is 2.72. The number of esters is 1. The molecule has 0 bridgehead atoms. The van der Waals surface area contributed by atoms with Gasteiger partial charge in [-0.05, 0) is 35.0 Å². The van der Waals surface area contributed by atoms with Gasteiger partial charge in [0, 0.05) is 0 Å². The van der Waals surface area contributed by atoms with E-state index < -0.39 is 5.97 Å². The Morgan fingerprint density at radius 3 is 2.78 bits per heavy atom. The van der Waals surface area contributed by atoms with E-state index in [9.17, 15) is 4.79 Å². The third kappa shape index (κ3) is 3.08. The van der Waals surface area contributed by atoms with Crippen LogP contribution in [0.2, 0.25) is 0 Å². The second-order valence-electron chi connectivity index (χ2n) is 3.24. The topological polar surface area (TPSA) is 48.4 Å². The molecule has 0 aliphatic heterocycles. The quantitative estimate of drug-likeness (QED) is 0.799. The third-order valence-electron chi connectivity index (χ3n) is 1.99. The number of nitrogens with zero attached hydrogens (tertiary/aromatic N) is 1. The van der Waals surface area contributed by atoms with Gasteiger partial charge in [-0.3, -0.25) is 0 Å². The summed E-state index contributed by atoms with van der Waals surface area (Å²) in [5.41, 5.74) is 0. The van der Waals surface area contributed by atoms with Crippen LogP contribution in [0.3, 0.4) is 0 Å². The van der Waals surface area contributed by atoms with Gasteiger partial charge in [0.05, 0.1) is 6.61 Å². The fraction of sp³-hybridized carbons (Fsp3) is 0.167. The molecular formula is C12H10BrNO3S. The molecule has 1 aromatic carbocycles. The number of halogens is 1. The Kier molecular flexibility index (Phi) is 4.33. The molecular weight excluding hydrogens is 318 g/mol. The number of carbonyl (C=O) groups is 1. The second kappa shape index (κ2) is 5.97. The van der Waals surface area contributed by atoms with E-state index in [-0.39, 0.29) is 5.88 Å². The van der Waals surface area contributed by atoms with Gasteiger partial charge in [0.15, 0.2) is 8.79 Å². The van der Waals surface area contributed by atoms with Crippen molar-refractivity contribution in [3.8, 4) is 11.6 Å². The summed E-state index contributed by atoms with van der Waals surface area (Å²) in [6.07, 6.45) is 0. The lowest BCUT2D eigenvalue weighted by atomic mass is 10.3. The summed E-state index contributed by atoms with van der Waals surface area (Å²) in [7, 11) is 0. The van der Waals surface area contributed by atoms with Crippen LogP contribution in [0.4, 0.5) is 0 Å². The van der Waals surface area contributed by atoms with Crippen LogP contribution >= 0.6 is 27.3 Å². The lowest BCUT2D eigenvalue weighted by molar-refractivity contribution is 0.0529. The number of ether oxygens (including phenoxy) is 2. The molecule has 0 N–H and O–H groups in total. The highest BCUT2D eigenvalue weighted by Gasteiger charge is 2.20. The van der Waals surface area contributed by atoms with Crippen LogP contribution in [0.5, 0.6) is 11.6 Å². The molecule has 0 amide bonds. The molecule has 0 saturated carbocycles. The van der Waals surface area contributed by atoms with Crippen molar-refractivity contribution in [3.05, 3.63) is 39.1 Å². The first-order chi connectivity index (χ1) is 8.70. The maximum absolute atomic E-state index is 11.7. The van der Waals surface area contributed by atoms with Gasteiger partial charge < -0.3 is 9.47 Å². The Labute approximate surface area is 117 Å². The lowest BCUT2D eigenvalue weighted by Gasteiger charge is -2.04. The standard InChI is InChI=1S/C12H10BrNO3S/c1-2-16-11(15)9-10(14-12(13)18-9)17-8-6-4-3-5-7-8/h3-7H,2H2,1H3. The summed E-state index contributed by atoms with van der Waals surface area (Å²) in [5, 5.41) is 0. The van der Waals surface area contributed by atoms with Gasteiger partial charge in [-0.15, -0.1) is 0 Å². The van der Waals surface area contributed by atoms with Gasteiger partial charge in [0.2, 0.25) is 5.88 Å². The zero-order chi connectivity index (χ0) is 13.0. The summed E-state index contributed by atoms with van der Waals surface area (Å²) in [4.78, 5) is 16.2. The molecule has 0 saturated heterocycles. The molecule has 6 heteroatoms. The molecule has 0 aliphatic carbocycles. The van der Waals surface area contributed by atoms with E-state index in [1.54, 1.807) is 19.1 Å². The van der Waals surface area contributed by atoms with Crippen LogP contribution in [0, 0.1) is 0 Å². The lowest BCUT2D eigenvalue weighted by Crippen LogP contribution is -2.04. The third-order valence-corrected chi connectivity index (χ3v) is 3.46. The van der Waals surface area contributed by atoms with Gasteiger partial charge in [-0.25, -0.2) is 4.79 Å². The molecule has 0 fully saturated rings. The highest BCUT2D eigenvalue weighted by molar-refractivity contribution is 9.11. The number of rotatable bonds is 4. The summed E-state index contributed by atoms with van der Waals surface area (Å²) in [6.45, 7) is 2.07. The van der Waals surface area contributed by atoms with Crippen molar-refractivity contribution in [1.82, 2.24) is 4.98 Å². The van der Waals surface area contributed by atoms with Gasteiger partial charge in [0.25, 0.3) is 0 Å². The first-order valence-corrected chi connectivity index (χ1v) is 6.88. The van der Waals surface area contributed by atoms with Crippen LogP contribution in [0.1, 0.15) is 16.6 Å². The molecule has 4 nitrogen and oxygen atoms in total. The SMILES string of the molecule is CCOC(=O)c1sc(Br)nc1Oc1ccccc1. The van der Waals surface area contributed by atoms with Crippen molar-refractivity contribution in [1.29, 1.82) is 0 Å². The van der Waals surface area contributed by atoms with Gasteiger partial charge in [0.1, 0.15) is 5.75 Å². The van der Waals surface area contributed by atoms with Crippen molar-refractivity contribution >= 4 is 33.2 Å². The molecule has 2 rings (SSSR count). The van der Waals surface area contributed by atoms with Crippen molar-refractivity contribution < 1.29 is 14.3 Å². The number of aromatic nitrogens is 1. The molecule has 2 aromatic rings. The van der Waals surface area contributed by atoms with Crippen LogP contribution in [0.15, 0.2) is 34.2 Å². The zero-order valence-corrected chi connectivity index (χ0v) is 12.0. The average molecular weight is 328 g/mol. The number of hydrogen-bond acceptors (Lipinski definition) is 5. The van der Waals surface area contributed by atoms with Gasteiger partial charge in [-0.2, -0.15) is 4.98 Å². The number of hydrogen-bond donors (Lipinski definition) is 0. The van der Waals surface area contributed by atoms with E-state index in [1.165, 1.54) is 11.3 Å². The van der Waals surface area contributed by atoms with Crippen molar-refractivity contribution in [2.24, 2.45) is 0 Å². The van der Waals surface area contributed by atoms with Crippen LogP contribution in [-0.4, -0.2) is 17.6 Å². The first-order valence-electron chi connectivity index (χ1n) is 5.27. The molecule has 0 aliphatic rings. The van der Waals surface area contributed by atoms with E-state index in [4.69, 9.17) is 9.47 Å². The maximum atomic E-state index is 11.7. The molecule has 0 atom stereocenters. The van der Waals surface area contributed by atoms with Crippen molar-refractivity contribution in [3.63, 3.8) is 0 Å². The normalized spacial score (nSPS) is 10.1. The van der Waals surface area contributed by atoms with E-state index in [0.717, 1.165) is 0 Å². The molecule has 0 radical (unpaired) electrons. The van der Waals surface area contributed by atoms with Crippen LogP contribution in [-0.2, 0) is 4.74 Å². The molecule has 94 valence electrons. The highest BCUT2D eigenvalue weighted by atomic mass is 79.9. The fourth-order valence-electron chi connectivity index (χ4n) is 1.28. The van der Waals surface area contributed by atoms with E-state index >= 15 is 0 Å². The Morgan fingerprint density at radius 1 is 1.39 bits per heavy atom. The molecule has 0 spiro atoms. The highest BCUT2D eigenvalue weighted by Crippen LogP contribution is 2.32. The Morgan fingerprint density at radius 2 is 2.11 bits per heavy atom. The number of para-hydroxylation sites is 1. The van der Waals surface area contributed by atoms with Crippen LogP contribution in [0.25, 0.3) is 0 Å². The van der Waals surface area contributed by atoms with Crippen molar-refractivity contribution in [2.45, 2.75) is 6.92 Å². The molecule has 1 aromatic heterocycles. The van der Waals surface area contributed by atoms with E-state index in [1.807, 2.05) is 18.2 Å². The minimum atomic E-state index is -0.424. The smallest absolute Gasteiger partial charge is 0.354 e. The first kappa shape index (κ1) is 13.0. The maximum Gasteiger partial charge on any atom is 0.354 e. The fourth-order valence-corrected chi connectivity index (χ4v) is 2.54. The van der Waals surface area contributed by atoms with Crippen molar-refractivity contribution in [2.75, 3.05) is 6.61 Å². The largest absolute Gasteiger partial charge is 0.462 e. The number of benzene rings is 1. The zero-order valence-electron chi connectivity index (χ0n) is 9.55. The molecule has 18 heavy (non-hydrogen) atoms. The monoisotopic (exact) mass is 327 g/mol. The Hall–Kier alpha value is -1.40. The predicted molar refractivity (Wildman–Crippen MR) is 72.3 cm³/mol. The molecule has 1 heterocycles. The number of thiazole rings is 1. The van der Waals surface area contributed by atoms with Gasteiger partial charge >= 0.3 is 5.97 Å². The second-order valence-corrected chi connectivity index (χ2v) is 5.51. The predicted octanol–water partition coefficient (Wildman–Crippen LogP) is 3.87. The number of carbonyl (C=O) groups excluding carboxylic acids is 1. The summed E-state index contributed by atoms with van der Waals surface area (Å²) >= 11 is 4.42. The summed E-state index contributed by atoms with van der Waals surface area (Å²) in [5.74, 6) is 0.462. The van der Waals surface area contributed by atoms with Crippen LogP contribution < -0.4 is 4.74 Å². The van der Waals surface area contributed by atoms with E-state index in [2.05, 4.69) is 20.9 Å². The minimum Gasteiger partial charge on any atom is -0.462 e. The Bertz CT molecular complexity index is 542. The summed E-state index contributed by atoms with van der Waals surface area (Å²) < 4.78 is 11.1. The molecule has 0 unspecified atom stereocenters. The van der Waals surface area contributed by atoms with E-state index in [0.29, 0.717) is 21.2 Å². The summed E-state index contributed by atoms with van der Waals surface area (Å²) in [6, 6.07) is 9.17. The van der Waals surface area contributed by atoms with Gasteiger partial charge in [-0.1, -0.05) is 29.5 Å².